The number of amides is 1. The third-order valence-corrected chi connectivity index (χ3v) is 5.38. The molecule has 0 atom stereocenters. The summed E-state index contributed by atoms with van der Waals surface area (Å²) in [5.41, 5.74) is 2.53. The van der Waals surface area contributed by atoms with Gasteiger partial charge < -0.3 is 14.8 Å². The Bertz CT molecular complexity index is 1230. The van der Waals surface area contributed by atoms with E-state index in [9.17, 15) is 4.79 Å². The molecule has 0 aliphatic carbocycles. The molecule has 30 heavy (non-hydrogen) atoms. The number of nitrogens with zero attached hydrogens (tertiary/aromatic N) is 3. The third-order valence-electron chi connectivity index (χ3n) is 4.39. The predicted molar refractivity (Wildman–Crippen MR) is 119 cm³/mol. The van der Waals surface area contributed by atoms with Crippen LogP contribution in [0, 0.1) is 6.92 Å². The van der Waals surface area contributed by atoms with Crippen LogP contribution >= 0.6 is 11.3 Å². The maximum absolute atomic E-state index is 12.5. The second-order valence-corrected chi connectivity index (χ2v) is 7.52. The number of carbonyl (C=O) groups excluding carboxylic acids is 1. The van der Waals surface area contributed by atoms with E-state index in [0.29, 0.717) is 10.9 Å². The first-order valence-corrected chi connectivity index (χ1v) is 10.0. The van der Waals surface area contributed by atoms with Crippen molar-refractivity contribution in [3.05, 3.63) is 65.9 Å². The summed E-state index contributed by atoms with van der Waals surface area (Å²) in [6, 6.07) is 15.0. The zero-order valence-corrected chi connectivity index (χ0v) is 17.6. The van der Waals surface area contributed by atoms with E-state index in [1.54, 1.807) is 25.0 Å². The van der Waals surface area contributed by atoms with E-state index in [1.807, 2.05) is 55.5 Å². The summed E-state index contributed by atoms with van der Waals surface area (Å²) in [6.45, 7) is 1.87. The van der Waals surface area contributed by atoms with Crippen molar-refractivity contribution in [3.8, 4) is 16.6 Å². The van der Waals surface area contributed by atoms with Gasteiger partial charge in [-0.15, -0.1) is 0 Å². The number of anilines is 1. The van der Waals surface area contributed by atoms with Crippen LogP contribution < -0.4 is 14.8 Å². The molecule has 2 aromatic heterocycles. The Morgan fingerprint density at radius 2 is 1.80 bits per heavy atom. The zero-order chi connectivity index (χ0) is 21.1. The second-order valence-electron chi connectivity index (χ2n) is 6.51. The average molecular weight is 420 g/mol. The number of fused-ring (bicyclic) bond motifs is 1. The number of ether oxygens (including phenoxy) is 2. The third kappa shape index (κ3) is 4.18. The van der Waals surface area contributed by atoms with E-state index in [-0.39, 0.29) is 5.91 Å². The molecule has 0 radical (unpaired) electrons. The number of rotatable bonds is 6. The van der Waals surface area contributed by atoms with Gasteiger partial charge in [0.2, 0.25) is 11.0 Å². The molecule has 7 nitrogen and oxygen atoms in total. The van der Waals surface area contributed by atoms with Gasteiger partial charge in [-0.05, 0) is 48.9 Å². The SMILES string of the molecule is COc1ccc(/C=C/C(=O)Nc2cc(C)nn2-c2nc3ccc(OC)cc3s2)cc1. The summed E-state index contributed by atoms with van der Waals surface area (Å²) in [7, 11) is 3.25. The van der Waals surface area contributed by atoms with Gasteiger partial charge in [0.1, 0.15) is 17.3 Å². The standard InChI is InChI=1S/C22H20N4O3S/c1-14-12-20(24-21(27)11-6-15-4-7-16(28-2)8-5-15)26(25-14)22-23-18-10-9-17(29-3)13-19(18)30-22/h4-13H,1-3H3,(H,24,27)/b11-6+. The fourth-order valence-electron chi connectivity index (χ4n) is 2.90. The van der Waals surface area contributed by atoms with Gasteiger partial charge in [0.15, 0.2) is 0 Å². The number of aryl methyl sites for hydroxylation is 1. The van der Waals surface area contributed by atoms with Crippen molar-refractivity contribution in [1.82, 2.24) is 14.8 Å². The topological polar surface area (TPSA) is 78.3 Å². The van der Waals surface area contributed by atoms with Crippen LogP contribution in [0.4, 0.5) is 5.82 Å². The Labute approximate surface area is 177 Å². The predicted octanol–water partition coefficient (Wildman–Crippen LogP) is 4.46. The molecular formula is C22H20N4O3S. The van der Waals surface area contributed by atoms with Gasteiger partial charge in [-0.25, -0.2) is 4.98 Å². The summed E-state index contributed by atoms with van der Waals surface area (Å²) < 4.78 is 13.0. The smallest absolute Gasteiger partial charge is 0.249 e. The summed E-state index contributed by atoms with van der Waals surface area (Å²) >= 11 is 1.48. The van der Waals surface area contributed by atoms with E-state index >= 15 is 0 Å². The Morgan fingerprint density at radius 1 is 1.07 bits per heavy atom. The van der Waals surface area contributed by atoms with Crippen LogP contribution in [0.25, 0.3) is 21.4 Å². The number of nitrogens with one attached hydrogen (secondary N) is 1. The molecule has 0 unspecified atom stereocenters. The van der Waals surface area contributed by atoms with E-state index < -0.39 is 0 Å². The lowest BCUT2D eigenvalue weighted by Crippen LogP contribution is -2.12. The summed E-state index contributed by atoms with van der Waals surface area (Å²) in [6.07, 6.45) is 3.23. The molecule has 4 rings (SSSR count). The highest BCUT2D eigenvalue weighted by atomic mass is 32.1. The molecule has 0 fully saturated rings. The zero-order valence-electron chi connectivity index (χ0n) is 16.7. The van der Waals surface area contributed by atoms with Crippen LogP contribution in [-0.4, -0.2) is 34.9 Å². The van der Waals surface area contributed by atoms with Crippen LogP contribution in [0.2, 0.25) is 0 Å². The number of thiazole rings is 1. The van der Waals surface area contributed by atoms with E-state index in [4.69, 9.17) is 9.47 Å². The molecule has 1 amide bonds. The number of hydrogen-bond acceptors (Lipinski definition) is 6. The first-order valence-electron chi connectivity index (χ1n) is 9.20. The fraction of sp³-hybridized carbons (Fsp3) is 0.136. The van der Waals surface area contributed by atoms with Crippen LogP contribution in [0.5, 0.6) is 11.5 Å². The highest BCUT2D eigenvalue weighted by molar-refractivity contribution is 7.20. The van der Waals surface area contributed by atoms with Gasteiger partial charge in [-0.1, -0.05) is 23.5 Å². The Kier molecular flexibility index (Phi) is 5.49. The molecule has 0 aliphatic heterocycles. The number of benzene rings is 2. The molecule has 0 bridgehead atoms. The molecule has 0 spiro atoms. The Hall–Kier alpha value is -3.65. The van der Waals surface area contributed by atoms with Crippen molar-refractivity contribution in [2.45, 2.75) is 6.92 Å². The lowest BCUT2D eigenvalue weighted by atomic mass is 10.2. The Balaban J connectivity index is 1.55. The quantitative estimate of drug-likeness (QED) is 0.466. The van der Waals surface area contributed by atoms with Gasteiger partial charge in [0, 0.05) is 12.1 Å². The first-order chi connectivity index (χ1) is 14.6. The van der Waals surface area contributed by atoms with Crippen molar-refractivity contribution in [2.75, 3.05) is 19.5 Å². The van der Waals surface area contributed by atoms with Crippen molar-refractivity contribution < 1.29 is 14.3 Å². The summed E-state index contributed by atoms with van der Waals surface area (Å²) in [5.74, 6) is 1.84. The normalized spacial score (nSPS) is 11.2. The highest BCUT2D eigenvalue weighted by Crippen LogP contribution is 2.30. The van der Waals surface area contributed by atoms with Gasteiger partial charge in [-0.2, -0.15) is 9.78 Å². The number of methoxy groups -OCH3 is 2. The molecule has 4 aromatic rings. The summed E-state index contributed by atoms with van der Waals surface area (Å²) in [5, 5.41) is 8.04. The number of hydrogen-bond donors (Lipinski definition) is 1. The van der Waals surface area contributed by atoms with Crippen LogP contribution in [0.1, 0.15) is 11.3 Å². The van der Waals surface area contributed by atoms with Crippen LogP contribution in [-0.2, 0) is 4.79 Å². The molecule has 8 heteroatoms. The van der Waals surface area contributed by atoms with Crippen molar-refractivity contribution in [1.29, 1.82) is 0 Å². The van der Waals surface area contributed by atoms with Gasteiger partial charge in [-0.3, -0.25) is 4.79 Å². The minimum Gasteiger partial charge on any atom is -0.497 e. The maximum atomic E-state index is 12.5. The molecule has 2 heterocycles. The van der Waals surface area contributed by atoms with E-state index in [0.717, 1.165) is 33.0 Å². The minimum absolute atomic E-state index is 0.255. The van der Waals surface area contributed by atoms with Crippen LogP contribution in [0.15, 0.2) is 54.6 Å². The monoisotopic (exact) mass is 420 g/mol. The first kappa shape index (κ1) is 19.7. The lowest BCUT2D eigenvalue weighted by Gasteiger charge is -2.04. The fourth-order valence-corrected chi connectivity index (χ4v) is 3.86. The molecule has 0 saturated carbocycles. The molecule has 2 aromatic carbocycles. The number of aromatic nitrogens is 3. The summed E-state index contributed by atoms with van der Waals surface area (Å²) in [4.78, 5) is 17.1. The highest BCUT2D eigenvalue weighted by Gasteiger charge is 2.14. The Morgan fingerprint density at radius 3 is 2.53 bits per heavy atom. The van der Waals surface area contributed by atoms with Gasteiger partial charge >= 0.3 is 0 Å². The van der Waals surface area contributed by atoms with E-state index in [2.05, 4.69) is 15.4 Å². The van der Waals surface area contributed by atoms with Gasteiger partial charge in [0.25, 0.3) is 0 Å². The largest absolute Gasteiger partial charge is 0.497 e. The molecule has 152 valence electrons. The molecule has 0 saturated heterocycles. The number of carbonyl (C=O) groups is 1. The maximum Gasteiger partial charge on any atom is 0.249 e. The average Bonchev–Trinajstić information content (AvgIpc) is 3.34. The van der Waals surface area contributed by atoms with Crippen LogP contribution in [0.3, 0.4) is 0 Å². The molecule has 1 N–H and O–H groups in total. The molecule has 0 aliphatic rings. The van der Waals surface area contributed by atoms with E-state index in [1.165, 1.54) is 17.4 Å². The second kappa shape index (κ2) is 8.38. The minimum atomic E-state index is -0.255. The van der Waals surface area contributed by atoms with Crippen molar-refractivity contribution >= 4 is 39.4 Å². The molecular weight excluding hydrogens is 400 g/mol. The van der Waals surface area contributed by atoms with Gasteiger partial charge in [0.05, 0.1) is 30.1 Å². The van der Waals surface area contributed by atoms with Crippen molar-refractivity contribution in [2.24, 2.45) is 0 Å². The lowest BCUT2D eigenvalue weighted by molar-refractivity contribution is -0.111. The van der Waals surface area contributed by atoms with Crippen molar-refractivity contribution in [3.63, 3.8) is 0 Å².